The highest BCUT2D eigenvalue weighted by Crippen LogP contribution is 2.38. The lowest BCUT2D eigenvalue weighted by molar-refractivity contribution is -0.149. The SMILES string of the molecule is CC(C)(O)C(=O)N1CCN(CCCCN2C(=S)N(c3ccc(C#N)c(C(F)(F)F)c3)C(=O)C2(C)C)CC1. The molecule has 2 aliphatic heterocycles. The topological polar surface area (TPSA) is 91.1 Å². The zero-order valence-corrected chi connectivity index (χ0v) is 22.2. The van der Waals surface area contributed by atoms with E-state index >= 15 is 0 Å². The summed E-state index contributed by atoms with van der Waals surface area (Å²) in [6.07, 6.45) is -3.24. The molecule has 12 heteroatoms. The minimum Gasteiger partial charge on any atom is -0.381 e. The molecule has 2 saturated heterocycles. The van der Waals surface area contributed by atoms with Crippen LogP contribution in [0.4, 0.5) is 18.9 Å². The van der Waals surface area contributed by atoms with Crippen molar-refractivity contribution in [3.63, 3.8) is 0 Å². The van der Waals surface area contributed by atoms with Gasteiger partial charge in [-0.2, -0.15) is 18.4 Å². The number of nitriles is 1. The molecule has 0 bridgehead atoms. The second-order valence-electron chi connectivity index (χ2n) is 10.4. The summed E-state index contributed by atoms with van der Waals surface area (Å²) in [7, 11) is 0. The van der Waals surface area contributed by atoms with E-state index in [1.807, 2.05) is 0 Å². The fraction of sp³-hybridized carbons (Fsp3) is 0.600. The third-order valence-electron chi connectivity index (χ3n) is 6.80. The summed E-state index contributed by atoms with van der Waals surface area (Å²) < 4.78 is 40.4. The van der Waals surface area contributed by atoms with Gasteiger partial charge < -0.3 is 14.9 Å². The van der Waals surface area contributed by atoms with Crippen LogP contribution in [0.15, 0.2) is 18.2 Å². The van der Waals surface area contributed by atoms with Gasteiger partial charge >= 0.3 is 6.18 Å². The lowest BCUT2D eigenvalue weighted by Crippen LogP contribution is -2.54. The third kappa shape index (κ3) is 6.05. The number of carbonyl (C=O) groups excluding carboxylic acids is 2. The van der Waals surface area contributed by atoms with Crippen LogP contribution in [0.25, 0.3) is 0 Å². The molecule has 2 aliphatic rings. The number of amides is 2. The van der Waals surface area contributed by atoms with E-state index < -0.39 is 34.4 Å². The van der Waals surface area contributed by atoms with Crippen LogP contribution in [0.2, 0.25) is 0 Å². The number of anilines is 1. The minimum atomic E-state index is -4.74. The first-order valence-electron chi connectivity index (χ1n) is 12.1. The number of piperazine rings is 1. The summed E-state index contributed by atoms with van der Waals surface area (Å²) >= 11 is 5.53. The maximum absolute atomic E-state index is 13.5. The van der Waals surface area contributed by atoms with Crippen molar-refractivity contribution in [2.24, 2.45) is 0 Å². The van der Waals surface area contributed by atoms with Gasteiger partial charge in [-0.15, -0.1) is 0 Å². The molecular weight excluding hydrogens is 507 g/mol. The number of benzene rings is 1. The highest BCUT2D eigenvalue weighted by atomic mass is 32.1. The Morgan fingerprint density at radius 3 is 2.27 bits per heavy atom. The smallest absolute Gasteiger partial charge is 0.381 e. The standard InChI is InChI=1S/C25H32F3N5O3S/c1-23(2)20(34)33(18-8-7-17(16-29)19(15-18)25(26,27)28)22(37)32(23)10-6-5-9-30-11-13-31(14-12-30)21(35)24(3,4)36/h7-8,15,36H,5-6,9-14H2,1-4H3. The van der Waals surface area contributed by atoms with Crippen molar-refractivity contribution in [2.45, 2.75) is 57.9 Å². The molecule has 1 aromatic carbocycles. The Kier molecular flexibility index (Phi) is 8.22. The van der Waals surface area contributed by atoms with Gasteiger partial charge in [0.15, 0.2) is 5.11 Å². The molecule has 0 radical (unpaired) electrons. The predicted octanol–water partition coefficient (Wildman–Crippen LogP) is 2.98. The largest absolute Gasteiger partial charge is 0.417 e. The molecule has 2 heterocycles. The molecule has 2 amide bonds. The second-order valence-corrected chi connectivity index (χ2v) is 10.7. The first kappa shape index (κ1) is 28.8. The van der Waals surface area contributed by atoms with Crippen LogP contribution in [0.3, 0.4) is 0 Å². The predicted molar refractivity (Wildman–Crippen MR) is 136 cm³/mol. The summed E-state index contributed by atoms with van der Waals surface area (Å²) in [4.78, 5) is 32.2. The monoisotopic (exact) mass is 539 g/mol. The molecule has 202 valence electrons. The van der Waals surface area contributed by atoms with Gasteiger partial charge in [-0.05, 0) is 77.5 Å². The zero-order valence-electron chi connectivity index (χ0n) is 21.4. The first-order valence-corrected chi connectivity index (χ1v) is 12.5. The number of alkyl halides is 3. The number of unbranched alkanes of at least 4 members (excludes halogenated alkanes) is 1. The summed E-state index contributed by atoms with van der Waals surface area (Å²) in [5.74, 6) is -0.710. The van der Waals surface area contributed by atoms with Crippen LogP contribution in [0.1, 0.15) is 51.7 Å². The van der Waals surface area contributed by atoms with Crippen LogP contribution in [-0.2, 0) is 15.8 Å². The van der Waals surface area contributed by atoms with Gasteiger partial charge in [0.2, 0.25) is 0 Å². The van der Waals surface area contributed by atoms with E-state index in [4.69, 9.17) is 17.5 Å². The van der Waals surface area contributed by atoms with Crippen LogP contribution in [0, 0.1) is 11.3 Å². The van der Waals surface area contributed by atoms with Gasteiger partial charge in [-0.25, -0.2) is 0 Å². The van der Waals surface area contributed by atoms with E-state index in [1.165, 1.54) is 19.9 Å². The van der Waals surface area contributed by atoms with Gasteiger partial charge in [0.05, 0.1) is 22.9 Å². The van der Waals surface area contributed by atoms with Crippen molar-refractivity contribution in [3.05, 3.63) is 29.3 Å². The van der Waals surface area contributed by atoms with Crippen LogP contribution >= 0.6 is 12.2 Å². The van der Waals surface area contributed by atoms with E-state index in [2.05, 4.69) is 4.90 Å². The van der Waals surface area contributed by atoms with Crippen molar-refractivity contribution >= 4 is 34.8 Å². The average molecular weight is 540 g/mol. The molecule has 0 aromatic heterocycles. The highest BCUT2D eigenvalue weighted by molar-refractivity contribution is 7.80. The van der Waals surface area contributed by atoms with E-state index in [1.54, 1.807) is 29.7 Å². The quantitative estimate of drug-likeness (QED) is 0.421. The molecule has 0 atom stereocenters. The van der Waals surface area contributed by atoms with E-state index in [0.717, 1.165) is 30.0 Å². The van der Waals surface area contributed by atoms with Gasteiger partial charge in [-0.3, -0.25) is 19.4 Å². The number of carbonyl (C=O) groups is 2. The average Bonchev–Trinajstić information content (AvgIpc) is 2.98. The Morgan fingerprint density at radius 1 is 1.14 bits per heavy atom. The van der Waals surface area contributed by atoms with E-state index in [9.17, 15) is 27.9 Å². The van der Waals surface area contributed by atoms with Crippen molar-refractivity contribution in [1.82, 2.24) is 14.7 Å². The summed E-state index contributed by atoms with van der Waals surface area (Å²) in [6, 6.07) is 4.70. The van der Waals surface area contributed by atoms with Crippen molar-refractivity contribution in [3.8, 4) is 6.07 Å². The molecule has 37 heavy (non-hydrogen) atoms. The Balaban J connectivity index is 1.60. The normalized spacial score (nSPS) is 18.9. The van der Waals surface area contributed by atoms with E-state index in [-0.39, 0.29) is 16.7 Å². The van der Waals surface area contributed by atoms with E-state index in [0.29, 0.717) is 39.1 Å². The Morgan fingerprint density at radius 2 is 1.73 bits per heavy atom. The maximum Gasteiger partial charge on any atom is 0.417 e. The highest BCUT2D eigenvalue weighted by Gasteiger charge is 2.49. The summed E-state index contributed by atoms with van der Waals surface area (Å²) in [5.41, 5.74) is -4.07. The van der Waals surface area contributed by atoms with Gasteiger partial charge in [-0.1, -0.05) is 0 Å². The van der Waals surface area contributed by atoms with Crippen LogP contribution in [0.5, 0.6) is 0 Å². The molecule has 1 aromatic rings. The third-order valence-corrected chi connectivity index (χ3v) is 7.20. The number of rotatable bonds is 7. The molecular formula is C25H32F3N5O3S. The van der Waals surface area contributed by atoms with Crippen LogP contribution < -0.4 is 4.90 Å². The fourth-order valence-electron chi connectivity index (χ4n) is 4.61. The van der Waals surface area contributed by atoms with Crippen molar-refractivity contribution in [1.29, 1.82) is 5.26 Å². The number of aliphatic hydroxyl groups is 1. The molecule has 0 unspecified atom stereocenters. The Labute approximate surface area is 220 Å². The number of nitrogens with zero attached hydrogens (tertiary/aromatic N) is 5. The molecule has 8 nitrogen and oxygen atoms in total. The maximum atomic E-state index is 13.5. The summed E-state index contributed by atoms with van der Waals surface area (Å²) in [5, 5.41) is 19.1. The van der Waals surface area contributed by atoms with Crippen molar-refractivity contribution < 1.29 is 27.9 Å². The number of hydrogen-bond donors (Lipinski definition) is 1. The minimum absolute atomic E-state index is 0.0182. The van der Waals surface area contributed by atoms with Crippen LogP contribution in [-0.4, -0.2) is 87.1 Å². The van der Waals surface area contributed by atoms with Gasteiger partial charge in [0.1, 0.15) is 11.1 Å². The molecule has 3 rings (SSSR count). The second kappa shape index (κ2) is 10.6. The first-order chi connectivity index (χ1) is 17.1. The number of thiocarbonyl (C=S) groups is 1. The molecule has 2 fully saturated rings. The molecule has 0 aliphatic carbocycles. The zero-order chi connectivity index (χ0) is 27.8. The number of hydrogen-bond acceptors (Lipinski definition) is 6. The Hall–Kier alpha value is -2.75. The summed E-state index contributed by atoms with van der Waals surface area (Å²) in [6.45, 7) is 10.1. The Bertz CT molecular complexity index is 1100. The van der Waals surface area contributed by atoms with Crippen molar-refractivity contribution in [2.75, 3.05) is 44.2 Å². The van der Waals surface area contributed by atoms with Gasteiger partial charge in [0, 0.05) is 32.7 Å². The lowest BCUT2D eigenvalue weighted by Gasteiger charge is -2.37. The number of halogens is 3. The molecule has 1 N–H and O–H groups in total. The molecule has 0 spiro atoms. The van der Waals surface area contributed by atoms with Gasteiger partial charge in [0.25, 0.3) is 11.8 Å². The lowest BCUT2D eigenvalue weighted by atomic mass is 10.0. The fourth-order valence-corrected chi connectivity index (χ4v) is 5.12. The molecule has 0 saturated carbocycles.